The molecule has 3 rings (SSSR count). The first-order valence-electron chi connectivity index (χ1n) is 6.30. The van der Waals surface area contributed by atoms with Crippen LogP contribution in [0.2, 0.25) is 0 Å². The van der Waals surface area contributed by atoms with Gasteiger partial charge in [0.2, 0.25) is 0 Å². The van der Waals surface area contributed by atoms with Crippen molar-refractivity contribution in [1.82, 2.24) is 9.47 Å². The largest absolute Gasteiger partial charge is 0.399 e. The summed E-state index contributed by atoms with van der Waals surface area (Å²) in [5, 5.41) is 0.989. The maximum Gasteiger partial charge on any atom is 0.256 e. The summed E-state index contributed by atoms with van der Waals surface area (Å²) in [5.74, 6) is 0.142. The number of fused-ring (bicyclic) bond motifs is 1. The fraction of sp³-hybridized carbons (Fsp3) is 0.357. The Hall–Kier alpha value is -1.97. The maximum absolute atomic E-state index is 12.4. The molecule has 1 aliphatic rings. The zero-order valence-electron chi connectivity index (χ0n) is 10.5. The van der Waals surface area contributed by atoms with Gasteiger partial charge in [-0.3, -0.25) is 4.79 Å². The van der Waals surface area contributed by atoms with Gasteiger partial charge in [-0.05, 0) is 31.0 Å². The average Bonchev–Trinajstić information content (AvgIpc) is 2.97. The van der Waals surface area contributed by atoms with Crippen molar-refractivity contribution >= 4 is 22.5 Å². The topological polar surface area (TPSA) is 51.3 Å². The predicted molar refractivity (Wildman–Crippen MR) is 72.5 cm³/mol. The molecule has 0 unspecified atom stereocenters. The van der Waals surface area contributed by atoms with Crippen LogP contribution in [0, 0.1) is 0 Å². The number of nitrogens with zero attached hydrogens (tertiary/aromatic N) is 2. The van der Waals surface area contributed by atoms with E-state index in [0.29, 0.717) is 0 Å². The van der Waals surface area contributed by atoms with E-state index < -0.39 is 0 Å². The first-order valence-corrected chi connectivity index (χ1v) is 6.30. The molecule has 0 aliphatic carbocycles. The number of hydrogen-bond acceptors (Lipinski definition) is 2. The Morgan fingerprint density at radius 2 is 2.00 bits per heavy atom. The van der Waals surface area contributed by atoms with Gasteiger partial charge in [-0.2, -0.15) is 0 Å². The lowest BCUT2D eigenvalue weighted by atomic mass is 10.1. The molecule has 4 heteroatoms. The smallest absolute Gasteiger partial charge is 0.256 e. The average molecular weight is 243 g/mol. The van der Waals surface area contributed by atoms with Crippen LogP contribution < -0.4 is 5.73 Å². The number of rotatable bonds is 1. The van der Waals surface area contributed by atoms with Crippen molar-refractivity contribution in [3.05, 3.63) is 30.0 Å². The lowest BCUT2D eigenvalue weighted by molar-refractivity contribution is 0.0794. The van der Waals surface area contributed by atoms with Gasteiger partial charge >= 0.3 is 0 Å². The minimum atomic E-state index is 0.142. The number of carbonyl (C=O) groups excluding carboxylic acids is 1. The lowest BCUT2D eigenvalue weighted by Crippen LogP contribution is -2.27. The van der Waals surface area contributed by atoms with E-state index in [1.165, 1.54) is 0 Å². The Morgan fingerprint density at radius 3 is 2.72 bits per heavy atom. The Morgan fingerprint density at radius 1 is 1.28 bits per heavy atom. The highest BCUT2D eigenvalue weighted by atomic mass is 16.2. The van der Waals surface area contributed by atoms with Gasteiger partial charge < -0.3 is 15.2 Å². The number of nitrogens with two attached hydrogens (primary N) is 1. The Kier molecular flexibility index (Phi) is 2.51. The second-order valence-electron chi connectivity index (χ2n) is 4.93. The maximum atomic E-state index is 12.4. The molecule has 0 radical (unpaired) electrons. The third-order valence-corrected chi connectivity index (χ3v) is 3.64. The highest BCUT2D eigenvalue weighted by Crippen LogP contribution is 2.25. The van der Waals surface area contributed by atoms with Gasteiger partial charge in [-0.1, -0.05) is 0 Å². The van der Waals surface area contributed by atoms with Crippen LogP contribution in [0.5, 0.6) is 0 Å². The molecule has 1 saturated heterocycles. The highest BCUT2D eigenvalue weighted by Gasteiger charge is 2.22. The van der Waals surface area contributed by atoms with E-state index >= 15 is 0 Å². The van der Waals surface area contributed by atoms with Gasteiger partial charge in [0.05, 0.1) is 11.1 Å². The molecule has 2 aromatic rings. The van der Waals surface area contributed by atoms with Gasteiger partial charge in [-0.15, -0.1) is 0 Å². The van der Waals surface area contributed by atoms with E-state index in [9.17, 15) is 4.79 Å². The number of carbonyl (C=O) groups is 1. The van der Waals surface area contributed by atoms with Gasteiger partial charge in [-0.25, -0.2) is 0 Å². The molecule has 0 saturated carbocycles. The van der Waals surface area contributed by atoms with Crippen molar-refractivity contribution in [3.8, 4) is 0 Å². The summed E-state index contributed by atoms with van der Waals surface area (Å²) in [6.45, 7) is 1.76. The fourth-order valence-corrected chi connectivity index (χ4v) is 2.66. The molecule has 2 heterocycles. The number of amides is 1. The monoisotopic (exact) mass is 243 g/mol. The molecular formula is C14H17N3O. The Bertz CT molecular complexity index is 609. The van der Waals surface area contributed by atoms with Crippen LogP contribution in [0.1, 0.15) is 23.2 Å². The summed E-state index contributed by atoms with van der Waals surface area (Å²) >= 11 is 0. The number of hydrogen-bond donors (Lipinski definition) is 1. The van der Waals surface area contributed by atoms with Gasteiger partial charge in [0.25, 0.3) is 5.91 Å². The molecule has 1 amide bonds. The lowest BCUT2D eigenvalue weighted by Gasteiger charge is -2.14. The number of likely N-dealkylation sites (tertiary alicyclic amines) is 1. The molecule has 1 aromatic heterocycles. The van der Waals surface area contributed by atoms with Crippen molar-refractivity contribution in [2.75, 3.05) is 18.8 Å². The standard InChI is InChI=1S/C14H17N3O/c1-16-9-12(14(18)17-6-2-3-7-17)11-5-4-10(15)8-13(11)16/h4-5,8-9H,2-3,6-7,15H2,1H3. The second-order valence-corrected chi connectivity index (χ2v) is 4.93. The Labute approximate surface area is 106 Å². The van der Waals surface area contributed by atoms with E-state index in [1.807, 2.05) is 40.9 Å². The molecule has 0 bridgehead atoms. The minimum Gasteiger partial charge on any atom is -0.399 e. The summed E-state index contributed by atoms with van der Waals surface area (Å²) in [7, 11) is 1.95. The summed E-state index contributed by atoms with van der Waals surface area (Å²) in [5.41, 5.74) is 8.32. The first-order chi connectivity index (χ1) is 8.66. The normalized spacial score (nSPS) is 15.5. The number of anilines is 1. The quantitative estimate of drug-likeness (QED) is 0.779. The summed E-state index contributed by atoms with van der Waals surface area (Å²) in [4.78, 5) is 14.4. The zero-order chi connectivity index (χ0) is 12.7. The van der Waals surface area contributed by atoms with Crippen molar-refractivity contribution in [2.45, 2.75) is 12.8 Å². The Balaban J connectivity index is 2.09. The van der Waals surface area contributed by atoms with E-state index in [1.54, 1.807) is 0 Å². The van der Waals surface area contributed by atoms with Crippen molar-refractivity contribution in [2.24, 2.45) is 7.05 Å². The molecule has 1 fully saturated rings. The van der Waals surface area contributed by atoms with Gasteiger partial charge in [0, 0.05) is 37.4 Å². The summed E-state index contributed by atoms with van der Waals surface area (Å²) in [6.07, 6.45) is 4.14. The molecule has 18 heavy (non-hydrogen) atoms. The minimum absolute atomic E-state index is 0.142. The number of nitrogen functional groups attached to an aromatic ring is 1. The van der Waals surface area contributed by atoms with E-state index in [0.717, 1.165) is 48.1 Å². The van der Waals surface area contributed by atoms with Crippen LogP contribution in [0.25, 0.3) is 10.9 Å². The SMILES string of the molecule is Cn1cc(C(=O)N2CCCC2)c2ccc(N)cc21. The van der Waals surface area contributed by atoms with E-state index in [-0.39, 0.29) is 5.91 Å². The summed E-state index contributed by atoms with van der Waals surface area (Å²) < 4.78 is 1.97. The number of aromatic nitrogens is 1. The van der Waals surface area contributed by atoms with Gasteiger partial charge in [0.15, 0.2) is 0 Å². The molecule has 2 N–H and O–H groups in total. The van der Waals surface area contributed by atoms with Crippen molar-refractivity contribution < 1.29 is 4.79 Å². The zero-order valence-corrected chi connectivity index (χ0v) is 10.5. The molecule has 1 aliphatic heterocycles. The fourth-order valence-electron chi connectivity index (χ4n) is 2.66. The highest BCUT2D eigenvalue weighted by molar-refractivity contribution is 6.07. The summed E-state index contributed by atoms with van der Waals surface area (Å²) in [6, 6.07) is 5.70. The van der Waals surface area contributed by atoms with Crippen LogP contribution >= 0.6 is 0 Å². The van der Waals surface area contributed by atoms with Crippen LogP contribution in [0.3, 0.4) is 0 Å². The third-order valence-electron chi connectivity index (χ3n) is 3.64. The third kappa shape index (κ3) is 1.65. The molecule has 1 aromatic carbocycles. The molecule has 94 valence electrons. The van der Waals surface area contributed by atoms with E-state index in [2.05, 4.69) is 0 Å². The molecule has 4 nitrogen and oxygen atoms in total. The number of benzene rings is 1. The number of aryl methyl sites for hydroxylation is 1. The molecule has 0 atom stereocenters. The van der Waals surface area contributed by atoms with Crippen LogP contribution in [0.4, 0.5) is 5.69 Å². The predicted octanol–water partition coefficient (Wildman–Crippen LogP) is 2.00. The van der Waals surface area contributed by atoms with Crippen LogP contribution in [0.15, 0.2) is 24.4 Å². The van der Waals surface area contributed by atoms with Crippen LogP contribution in [-0.4, -0.2) is 28.5 Å². The van der Waals surface area contributed by atoms with Gasteiger partial charge in [0.1, 0.15) is 0 Å². The van der Waals surface area contributed by atoms with E-state index in [4.69, 9.17) is 5.73 Å². The molecular weight excluding hydrogens is 226 g/mol. The second kappa shape index (κ2) is 4.05. The molecule has 0 spiro atoms. The first kappa shape index (κ1) is 11.1. The van der Waals surface area contributed by atoms with Crippen molar-refractivity contribution in [3.63, 3.8) is 0 Å². The van der Waals surface area contributed by atoms with Crippen LogP contribution in [-0.2, 0) is 7.05 Å². The van der Waals surface area contributed by atoms with Crippen molar-refractivity contribution in [1.29, 1.82) is 0 Å².